The first-order valence-corrected chi connectivity index (χ1v) is 7.41. The third-order valence-electron chi connectivity index (χ3n) is 4.03. The van der Waals surface area contributed by atoms with Gasteiger partial charge in [-0.1, -0.05) is 24.6 Å². The molecule has 0 saturated heterocycles. The minimum Gasteiger partial charge on any atom is -0.310 e. The van der Waals surface area contributed by atoms with E-state index in [1.165, 1.54) is 34.9 Å². The molecule has 1 heterocycles. The lowest BCUT2D eigenvalue weighted by molar-refractivity contribution is 0.240. The summed E-state index contributed by atoms with van der Waals surface area (Å²) in [7, 11) is 0. The van der Waals surface area contributed by atoms with Crippen molar-refractivity contribution in [3.63, 3.8) is 0 Å². The standard InChI is InChI=1S/C15H19NS/c1-11(12-5-4-6-12)16-9-13-10-17-15-8-3-2-7-14(13)15/h2-3,7-8,10-12,16H,4-6,9H2,1H3. The molecule has 0 radical (unpaired) electrons. The minimum atomic E-state index is 0.669. The Balaban J connectivity index is 1.68. The molecule has 3 rings (SSSR count). The van der Waals surface area contributed by atoms with Gasteiger partial charge in [-0.3, -0.25) is 0 Å². The van der Waals surface area contributed by atoms with Gasteiger partial charge in [-0.2, -0.15) is 0 Å². The van der Waals surface area contributed by atoms with Crippen LogP contribution in [0.5, 0.6) is 0 Å². The molecule has 17 heavy (non-hydrogen) atoms. The summed E-state index contributed by atoms with van der Waals surface area (Å²) in [5, 5.41) is 7.40. The molecular weight excluding hydrogens is 226 g/mol. The van der Waals surface area contributed by atoms with Crippen LogP contribution in [0.4, 0.5) is 0 Å². The molecule has 1 aromatic heterocycles. The van der Waals surface area contributed by atoms with Gasteiger partial charge in [0.1, 0.15) is 0 Å². The first-order valence-electron chi connectivity index (χ1n) is 6.53. The highest BCUT2D eigenvalue weighted by atomic mass is 32.1. The van der Waals surface area contributed by atoms with Crippen molar-refractivity contribution in [2.24, 2.45) is 5.92 Å². The lowest BCUT2D eigenvalue weighted by Crippen LogP contribution is -2.36. The molecule has 0 amide bonds. The zero-order valence-electron chi connectivity index (χ0n) is 10.3. The molecule has 1 atom stereocenters. The number of fused-ring (bicyclic) bond motifs is 1. The average Bonchev–Trinajstić information content (AvgIpc) is 2.67. The van der Waals surface area contributed by atoms with Gasteiger partial charge in [0, 0.05) is 17.3 Å². The Bertz CT molecular complexity index is 498. The van der Waals surface area contributed by atoms with E-state index in [4.69, 9.17) is 0 Å². The minimum absolute atomic E-state index is 0.669. The van der Waals surface area contributed by atoms with Crippen molar-refractivity contribution >= 4 is 21.4 Å². The number of nitrogens with one attached hydrogen (secondary N) is 1. The molecule has 1 saturated carbocycles. The van der Waals surface area contributed by atoms with Crippen molar-refractivity contribution in [3.05, 3.63) is 35.2 Å². The van der Waals surface area contributed by atoms with Gasteiger partial charge >= 0.3 is 0 Å². The summed E-state index contributed by atoms with van der Waals surface area (Å²) in [5.74, 6) is 0.917. The zero-order chi connectivity index (χ0) is 11.7. The van der Waals surface area contributed by atoms with E-state index in [1.807, 2.05) is 11.3 Å². The number of benzene rings is 1. The molecule has 0 aliphatic heterocycles. The Morgan fingerprint density at radius 2 is 2.18 bits per heavy atom. The smallest absolute Gasteiger partial charge is 0.0346 e. The van der Waals surface area contributed by atoms with Crippen molar-refractivity contribution in [3.8, 4) is 0 Å². The molecule has 1 fully saturated rings. The fraction of sp³-hybridized carbons (Fsp3) is 0.467. The summed E-state index contributed by atoms with van der Waals surface area (Å²) < 4.78 is 1.40. The molecule has 1 N–H and O–H groups in total. The molecular formula is C15H19NS. The van der Waals surface area contributed by atoms with Gasteiger partial charge in [0.15, 0.2) is 0 Å². The van der Waals surface area contributed by atoms with Crippen molar-refractivity contribution in [1.29, 1.82) is 0 Å². The lowest BCUT2D eigenvalue weighted by atomic mass is 9.80. The maximum atomic E-state index is 3.69. The number of thiophene rings is 1. The van der Waals surface area contributed by atoms with Crippen LogP contribution in [0.1, 0.15) is 31.7 Å². The first-order chi connectivity index (χ1) is 8.34. The topological polar surface area (TPSA) is 12.0 Å². The van der Waals surface area contributed by atoms with E-state index in [1.54, 1.807) is 0 Å². The van der Waals surface area contributed by atoms with Crippen molar-refractivity contribution in [2.75, 3.05) is 0 Å². The molecule has 1 unspecified atom stereocenters. The third kappa shape index (κ3) is 2.24. The average molecular weight is 245 g/mol. The van der Waals surface area contributed by atoms with E-state index < -0.39 is 0 Å². The predicted octanol–water partition coefficient (Wildman–Crippen LogP) is 4.18. The summed E-state index contributed by atoms with van der Waals surface area (Å²) in [4.78, 5) is 0. The molecule has 0 spiro atoms. The van der Waals surface area contributed by atoms with Crippen LogP contribution in [0.15, 0.2) is 29.6 Å². The van der Waals surface area contributed by atoms with E-state index in [-0.39, 0.29) is 0 Å². The van der Waals surface area contributed by atoms with E-state index in [0.29, 0.717) is 6.04 Å². The molecule has 1 aromatic carbocycles. The molecule has 1 nitrogen and oxygen atoms in total. The second-order valence-electron chi connectivity index (χ2n) is 5.12. The summed E-state index contributed by atoms with van der Waals surface area (Å²) in [6, 6.07) is 9.36. The lowest BCUT2D eigenvalue weighted by Gasteiger charge is -2.32. The van der Waals surface area contributed by atoms with Crippen LogP contribution in [-0.4, -0.2) is 6.04 Å². The number of rotatable bonds is 4. The van der Waals surface area contributed by atoms with Crippen LogP contribution in [-0.2, 0) is 6.54 Å². The second kappa shape index (κ2) is 4.79. The van der Waals surface area contributed by atoms with E-state index in [0.717, 1.165) is 12.5 Å². The van der Waals surface area contributed by atoms with Gasteiger partial charge in [0.05, 0.1) is 0 Å². The maximum absolute atomic E-state index is 3.69. The largest absolute Gasteiger partial charge is 0.310 e. The Hall–Kier alpha value is -0.860. The van der Waals surface area contributed by atoms with Crippen LogP contribution in [0.25, 0.3) is 10.1 Å². The Labute approximate surface area is 107 Å². The molecule has 90 valence electrons. The van der Waals surface area contributed by atoms with Gasteiger partial charge in [0.25, 0.3) is 0 Å². The Kier molecular flexibility index (Phi) is 3.17. The zero-order valence-corrected chi connectivity index (χ0v) is 11.1. The number of hydrogen-bond acceptors (Lipinski definition) is 2. The van der Waals surface area contributed by atoms with Gasteiger partial charge < -0.3 is 5.32 Å². The monoisotopic (exact) mass is 245 g/mol. The van der Waals surface area contributed by atoms with Gasteiger partial charge in [-0.15, -0.1) is 11.3 Å². The highest BCUT2D eigenvalue weighted by Gasteiger charge is 2.23. The van der Waals surface area contributed by atoms with Crippen molar-refractivity contribution < 1.29 is 0 Å². The van der Waals surface area contributed by atoms with Crippen LogP contribution < -0.4 is 5.32 Å². The summed E-state index contributed by atoms with van der Waals surface area (Å²) in [6.07, 6.45) is 4.26. The summed E-state index contributed by atoms with van der Waals surface area (Å²) in [6.45, 7) is 3.35. The van der Waals surface area contributed by atoms with Crippen LogP contribution in [0.3, 0.4) is 0 Å². The summed E-state index contributed by atoms with van der Waals surface area (Å²) in [5.41, 5.74) is 1.46. The molecule has 2 heteroatoms. The van der Waals surface area contributed by atoms with Gasteiger partial charge in [-0.05, 0) is 48.1 Å². The van der Waals surface area contributed by atoms with Crippen LogP contribution in [0, 0.1) is 5.92 Å². The van der Waals surface area contributed by atoms with Gasteiger partial charge in [-0.25, -0.2) is 0 Å². The SMILES string of the molecule is CC(NCc1csc2ccccc12)C1CCC1. The quantitative estimate of drug-likeness (QED) is 0.852. The fourth-order valence-electron chi connectivity index (χ4n) is 2.55. The molecule has 1 aliphatic rings. The van der Waals surface area contributed by atoms with E-state index in [2.05, 4.69) is 41.9 Å². The summed E-state index contributed by atoms with van der Waals surface area (Å²) >= 11 is 1.85. The predicted molar refractivity (Wildman–Crippen MR) is 75.5 cm³/mol. The maximum Gasteiger partial charge on any atom is 0.0346 e. The highest BCUT2D eigenvalue weighted by molar-refractivity contribution is 7.17. The Morgan fingerprint density at radius 3 is 2.94 bits per heavy atom. The first kappa shape index (κ1) is 11.2. The van der Waals surface area contributed by atoms with E-state index >= 15 is 0 Å². The van der Waals surface area contributed by atoms with Crippen molar-refractivity contribution in [1.82, 2.24) is 5.32 Å². The highest BCUT2D eigenvalue weighted by Crippen LogP contribution is 2.30. The number of hydrogen-bond donors (Lipinski definition) is 1. The van der Waals surface area contributed by atoms with Crippen molar-refractivity contribution in [2.45, 2.75) is 38.8 Å². The van der Waals surface area contributed by atoms with Crippen LogP contribution >= 0.6 is 11.3 Å². The van der Waals surface area contributed by atoms with E-state index in [9.17, 15) is 0 Å². The fourth-order valence-corrected chi connectivity index (χ4v) is 3.51. The van der Waals surface area contributed by atoms with Gasteiger partial charge in [0.2, 0.25) is 0 Å². The second-order valence-corrected chi connectivity index (χ2v) is 6.03. The van der Waals surface area contributed by atoms with Crippen LogP contribution in [0.2, 0.25) is 0 Å². The molecule has 2 aromatic rings. The normalized spacial score (nSPS) is 18.2. The molecule has 1 aliphatic carbocycles. The Morgan fingerprint density at radius 1 is 1.35 bits per heavy atom. The molecule has 0 bridgehead atoms. The third-order valence-corrected chi connectivity index (χ3v) is 5.04.